The summed E-state index contributed by atoms with van der Waals surface area (Å²) in [7, 11) is -2.12. The van der Waals surface area contributed by atoms with Crippen LogP contribution >= 0.6 is 11.6 Å². The van der Waals surface area contributed by atoms with Gasteiger partial charge in [0.1, 0.15) is 11.8 Å². The lowest BCUT2D eigenvalue weighted by molar-refractivity contribution is -0.122. The first-order chi connectivity index (χ1) is 12.8. The van der Waals surface area contributed by atoms with Crippen LogP contribution in [0.3, 0.4) is 0 Å². The highest BCUT2D eigenvalue weighted by Gasteiger charge is 2.31. The number of anilines is 1. The van der Waals surface area contributed by atoms with Crippen LogP contribution in [0, 0.1) is 0 Å². The molecule has 27 heavy (non-hydrogen) atoms. The van der Waals surface area contributed by atoms with Gasteiger partial charge in [0.05, 0.1) is 19.1 Å². The van der Waals surface area contributed by atoms with Crippen molar-refractivity contribution < 1.29 is 17.9 Å². The third-order valence-corrected chi connectivity index (χ3v) is 5.49. The summed E-state index contributed by atoms with van der Waals surface area (Å²) in [5, 5.41) is 3.29. The molecule has 0 fully saturated rings. The molecule has 0 aliphatic rings. The van der Waals surface area contributed by atoms with Crippen molar-refractivity contribution in [2.75, 3.05) is 17.7 Å². The number of benzene rings is 2. The summed E-state index contributed by atoms with van der Waals surface area (Å²) in [6.45, 7) is 2.00. The minimum Gasteiger partial charge on any atom is -0.496 e. The normalized spacial score (nSPS) is 12.3. The molecular weight excluding hydrogens is 388 g/mol. The highest BCUT2D eigenvalue weighted by Crippen LogP contribution is 2.24. The van der Waals surface area contributed by atoms with Crippen molar-refractivity contribution >= 4 is 33.2 Å². The van der Waals surface area contributed by atoms with Gasteiger partial charge in [0.25, 0.3) is 0 Å². The summed E-state index contributed by atoms with van der Waals surface area (Å²) in [6, 6.07) is 12.8. The Kier molecular flexibility index (Phi) is 7.10. The van der Waals surface area contributed by atoms with Crippen LogP contribution in [-0.4, -0.2) is 33.7 Å². The van der Waals surface area contributed by atoms with Gasteiger partial charge in [-0.15, -0.1) is 0 Å². The Morgan fingerprint density at radius 1 is 1.19 bits per heavy atom. The van der Waals surface area contributed by atoms with Gasteiger partial charge in [0.15, 0.2) is 0 Å². The maximum Gasteiger partial charge on any atom is 0.244 e. The molecule has 0 unspecified atom stereocenters. The number of sulfonamides is 1. The molecule has 0 saturated carbocycles. The maximum atomic E-state index is 12.8. The molecule has 6 nitrogen and oxygen atoms in total. The van der Waals surface area contributed by atoms with Crippen molar-refractivity contribution in [2.45, 2.75) is 25.9 Å². The lowest BCUT2D eigenvalue weighted by atomic mass is 10.1. The summed E-state index contributed by atoms with van der Waals surface area (Å²) >= 11 is 5.89. The predicted octanol–water partition coefficient (Wildman–Crippen LogP) is 3.21. The van der Waals surface area contributed by atoms with Crippen molar-refractivity contribution in [3.05, 3.63) is 59.1 Å². The Hall–Kier alpha value is -2.25. The zero-order chi connectivity index (χ0) is 20.0. The van der Waals surface area contributed by atoms with Crippen molar-refractivity contribution in [3.8, 4) is 5.75 Å². The first-order valence-corrected chi connectivity index (χ1v) is 10.6. The Labute approximate surface area is 165 Å². The second-order valence-electron chi connectivity index (χ2n) is 5.99. The van der Waals surface area contributed by atoms with E-state index in [1.165, 1.54) is 0 Å². The third-order valence-electron chi connectivity index (χ3n) is 4.06. The number of nitrogens with zero attached hydrogens (tertiary/aromatic N) is 1. The zero-order valence-corrected chi connectivity index (χ0v) is 17.0. The van der Waals surface area contributed by atoms with Gasteiger partial charge in [-0.25, -0.2) is 8.42 Å². The van der Waals surface area contributed by atoms with E-state index in [0.717, 1.165) is 16.1 Å². The molecule has 0 saturated heterocycles. The van der Waals surface area contributed by atoms with E-state index < -0.39 is 16.1 Å². The quantitative estimate of drug-likeness (QED) is 0.725. The summed E-state index contributed by atoms with van der Waals surface area (Å²) in [5.74, 6) is 0.271. The first-order valence-electron chi connectivity index (χ1n) is 8.42. The molecule has 2 aromatic rings. The van der Waals surface area contributed by atoms with Crippen molar-refractivity contribution in [1.29, 1.82) is 0 Å². The number of hydrogen-bond donors (Lipinski definition) is 1. The Morgan fingerprint density at radius 3 is 2.37 bits per heavy atom. The monoisotopic (exact) mass is 410 g/mol. The zero-order valence-electron chi connectivity index (χ0n) is 15.5. The van der Waals surface area contributed by atoms with Crippen LogP contribution in [0.2, 0.25) is 5.02 Å². The minimum absolute atomic E-state index is 0.234. The number of nitrogens with one attached hydrogen (secondary N) is 1. The second kappa shape index (κ2) is 9.10. The lowest BCUT2D eigenvalue weighted by Gasteiger charge is -2.30. The van der Waals surface area contributed by atoms with E-state index in [2.05, 4.69) is 5.32 Å². The molecule has 2 aromatic carbocycles. The van der Waals surface area contributed by atoms with Gasteiger partial charge < -0.3 is 10.1 Å². The van der Waals surface area contributed by atoms with Gasteiger partial charge in [0.2, 0.25) is 15.9 Å². The topological polar surface area (TPSA) is 75.7 Å². The van der Waals surface area contributed by atoms with E-state index >= 15 is 0 Å². The van der Waals surface area contributed by atoms with Gasteiger partial charge in [0, 0.05) is 17.1 Å². The lowest BCUT2D eigenvalue weighted by Crippen LogP contribution is -2.49. The molecule has 0 spiro atoms. The van der Waals surface area contributed by atoms with E-state index in [9.17, 15) is 13.2 Å². The molecule has 2 rings (SSSR count). The highest BCUT2D eigenvalue weighted by molar-refractivity contribution is 7.92. The maximum absolute atomic E-state index is 12.8. The van der Waals surface area contributed by atoms with Crippen LogP contribution in [0.5, 0.6) is 5.75 Å². The fourth-order valence-electron chi connectivity index (χ4n) is 2.80. The summed E-state index contributed by atoms with van der Waals surface area (Å²) in [6.07, 6.45) is 1.39. The molecule has 1 atom stereocenters. The predicted molar refractivity (Wildman–Crippen MR) is 108 cm³/mol. The standard InChI is InChI=1S/C19H23ClN2O4S/c1-4-17(19(23)21-13-14-7-5-6-8-18(14)26-2)22(27(3,24)25)16-11-9-15(20)10-12-16/h5-12,17H,4,13H2,1-3H3,(H,21,23)/t17-/m0/s1. The number of rotatable bonds is 8. The first kappa shape index (κ1) is 21.1. The molecule has 1 N–H and O–H groups in total. The summed E-state index contributed by atoms with van der Waals surface area (Å²) in [5.41, 5.74) is 1.20. The van der Waals surface area contributed by atoms with Crippen LogP contribution in [0.25, 0.3) is 0 Å². The van der Waals surface area contributed by atoms with E-state index in [0.29, 0.717) is 22.9 Å². The SMILES string of the molecule is CC[C@@H](C(=O)NCc1ccccc1OC)N(c1ccc(Cl)cc1)S(C)(=O)=O. The molecule has 0 heterocycles. The number of carbonyl (C=O) groups is 1. The molecule has 8 heteroatoms. The van der Waals surface area contributed by atoms with Gasteiger partial charge in [-0.2, -0.15) is 0 Å². The van der Waals surface area contributed by atoms with Crippen molar-refractivity contribution in [3.63, 3.8) is 0 Å². The second-order valence-corrected chi connectivity index (χ2v) is 8.28. The van der Waals surface area contributed by atoms with Gasteiger partial charge >= 0.3 is 0 Å². The minimum atomic E-state index is -3.68. The molecule has 1 amide bonds. The van der Waals surface area contributed by atoms with E-state index in [1.54, 1.807) is 44.4 Å². The van der Waals surface area contributed by atoms with Crippen LogP contribution in [0.15, 0.2) is 48.5 Å². The molecule has 146 valence electrons. The van der Waals surface area contributed by atoms with E-state index in [-0.39, 0.29) is 12.5 Å². The number of carbonyl (C=O) groups excluding carboxylic acids is 1. The molecule has 0 aliphatic heterocycles. The number of hydrogen-bond acceptors (Lipinski definition) is 4. The summed E-state index contributed by atoms with van der Waals surface area (Å²) < 4.78 is 31.2. The fraction of sp³-hybridized carbons (Fsp3) is 0.316. The third kappa shape index (κ3) is 5.37. The van der Waals surface area contributed by atoms with Crippen LogP contribution in [-0.2, 0) is 21.4 Å². The molecule has 0 aliphatic carbocycles. The summed E-state index contributed by atoms with van der Waals surface area (Å²) in [4.78, 5) is 12.8. The van der Waals surface area contributed by atoms with Gasteiger partial charge in [-0.05, 0) is 36.8 Å². The van der Waals surface area contributed by atoms with Crippen LogP contribution in [0.1, 0.15) is 18.9 Å². The number of ether oxygens (including phenoxy) is 1. The van der Waals surface area contributed by atoms with Gasteiger partial charge in [-0.3, -0.25) is 9.10 Å². The average Bonchev–Trinajstić information content (AvgIpc) is 2.64. The largest absolute Gasteiger partial charge is 0.496 e. The number of methoxy groups -OCH3 is 1. The fourth-order valence-corrected chi connectivity index (χ4v) is 4.14. The Balaban J connectivity index is 2.25. The molecule has 0 aromatic heterocycles. The Morgan fingerprint density at radius 2 is 1.81 bits per heavy atom. The molecular formula is C19H23ClN2O4S. The number of amides is 1. The van der Waals surface area contributed by atoms with Crippen LogP contribution in [0.4, 0.5) is 5.69 Å². The highest BCUT2D eigenvalue weighted by atomic mass is 35.5. The number of para-hydroxylation sites is 1. The Bertz CT molecular complexity index is 885. The van der Waals surface area contributed by atoms with Crippen molar-refractivity contribution in [2.24, 2.45) is 0 Å². The molecule has 0 bridgehead atoms. The van der Waals surface area contributed by atoms with Crippen LogP contribution < -0.4 is 14.4 Å². The molecule has 0 radical (unpaired) electrons. The van der Waals surface area contributed by atoms with E-state index in [4.69, 9.17) is 16.3 Å². The van der Waals surface area contributed by atoms with Crippen molar-refractivity contribution in [1.82, 2.24) is 5.32 Å². The average molecular weight is 411 g/mol. The van der Waals surface area contributed by atoms with Gasteiger partial charge in [-0.1, -0.05) is 36.7 Å². The van der Waals surface area contributed by atoms with E-state index in [1.807, 2.05) is 18.2 Å². The smallest absolute Gasteiger partial charge is 0.244 e. The number of halogens is 1.